The number of hydrogen-bond donors (Lipinski definition) is 2. The molecule has 0 aromatic heterocycles. The van der Waals surface area contributed by atoms with Gasteiger partial charge >= 0.3 is 0 Å². The van der Waals surface area contributed by atoms with E-state index in [1.54, 1.807) is 0 Å². The second-order valence-electron chi connectivity index (χ2n) is 4.70. The first-order valence-corrected chi connectivity index (χ1v) is 5.12. The van der Waals surface area contributed by atoms with Crippen LogP contribution >= 0.6 is 0 Å². The lowest BCUT2D eigenvalue weighted by Crippen LogP contribution is -2.52. The Labute approximate surface area is 85.9 Å². The van der Waals surface area contributed by atoms with Gasteiger partial charge in [-0.15, -0.1) is 0 Å². The van der Waals surface area contributed by atoms with Crippen LogP contribution in [0.4, 0.5) is 0 Å². The van der Waals surface area contributed by atoms with Crippen LogP contribution in [-0.2, 0) is 4.74 Å². The maximum absolute atomic E-state index is 7.18. The summed E-state index contributed by atoms with van der Waals surface area (Å²) in [5, 5.41) is 7.18. The number of morpholine rings is 1. The molecule has 0 amide bonds. The van der Waals surface area contributed by atoms with E-state index in [1.165, 1.54) is 0 Å². The SMILES string of the molecule is CC1CN(CCC(=N)N)CC(C)(C)O1. The lowest BCUT2D eigenvalue weighted by molar-refractivity contribution is -0.128. The molecule has 0 aliphatic carbocycles. The lowest BCUT2D eigenvalue weighted by Gasteiger charge is -2.41. The Bertz CT molecular complexity index is 215. The summed E-state index contributed by atoms with van der Waals surface area (Å²) in [7, 11) is 0. The van der Waals surface area contributed by atoms with E-state index in [0.717, 1.165) is 19.6 Å². The number of amidine groups is 1. The van der Waals surface area contributed by atoms with Crippen molar-refractivity contribution in [1.82, 2.24) is 4.90 Å². The van der Waals surface area contributed by atoms with Gasteiger partial charge in [-0.2, -0.15) is 0 Å². The van der Waals surface area contributed by atoms with Crippen LogP contribution in [0.1, 0.15) is 27.2 Å². The zero-order chi connectivity index (χ0) is 10.8. The third-order valence-electron chi connectivity index (χ3n) is 2.34. The van der Waals surface area contributed by atoms with Crippen LogP contribution in [-0.4, -0.2) is 42.1 Å². The highest BCUT2D eigenvalue weighted by Crippen LogP contribution is 2.20. The Balaban J connectivity index is 2.42. The number of rotatable bonds is 3. The summed E-state index contributed by atoms with van der Waals surface area (Å²) in [6, 6.07) is 0. The smallest absolute Gasteiger partial charge is 0.0918 e. The Morgan fingerprint density at radius 3 is 2.79 bits per heavy atom. The number of ether oxygens (including phenoxy) is 1. The van der Waals surface area contributed by atoms with E-state index >= 15 is 0 Å². The fraction of sp³-hybridized carbons (Fsp3) is 0.900. The van der Waals surface area contributed by atoms with Crippen molar-refractivity contribution in [2.45, 2.75) is 38.9 Å². The van der Waals surface area contributed by atoms with Crippen LogP contribution in [0.5, 0.6) is 0 Å². The summed E-state index contributed by atoms with van der Waals surface area (Å²) in [4.78, 5) is 2.32. The average Bonchev–Trinajstić information content (AvgIpc) is 1.96. The third-order valence-corrected chi connectivity index (χ3v) is 2.34. The van der Waals surface area contributed by atoms with Crippen molar-refractivity contribution in [3.63, 3.8) is 0 Å². The molecule has 3 N–H and O–H groups in total. The number of nitrogens with zero attached hydrogens (tertiary/aromatic N) is 1. The van der Waals surface area contributed by atoms with E-state index in [-0.39, 0.29) is 17.5 Å². The molecule has 1 atom stereocenters. The van der Waals surface area contributed by atoms with Crippen molar-refractivity contribution in [2.75, 3.05) is 19.6 Å². The minimum Gasteiger partial charge on any atom is -0.388 e. The largest absolute Gasteiger partial charge is 0.388 e. The van der Waals surface area contributed by atoms with Crippen molar-refractivity contribution >= 4 is 5.84 Å². The maximum Gasteiger partial charge on any atom is 0.0918 e. The lowest BCUT2D eigenvalue weighted by atomic mass is 10.1. The monoisotopic (exact) mass is 199 g/mol. The van der Waals surface area contributed by atoms with Crippen molar-refractivity contribution in [3.05, 3.63) is 0 Å². The first-order valence-electron chi connectivity index (χ1n) is 5.12. The van der Waals surface area contributed by atoms with E-state index in [1.807, 2.05) is 0 Å². The molecule has 0 aromatic carbocycles. The van der Waals surface area contributed by atoms with E-state index in [0.29, 0.717) is 6.42 Å². The first kappa shape index (κ1) is 11.5. The van der Waals surface area contributed by atoms with Gasteiger partial charge < -0.3 is 10.5 Å². The molecule has 1 unspecified atom stereocenters. The standard InChI is InChI=1S/C10H21N3O/c1-8-6-13(5-4-9(11)12)7-10(2,3)14-8/h8H,4-7H2,1-3H3,(H3,11,12). The van der Waals surface area contributed by atoms with Gasteiger partial charge in [0, 0.05) is 26.1 Å². The molecular formula is C10H21N3O. The third kappa shape index (κ3) is 3.64. The predicted octanol–water partition coefficient (Wildman–Crippen LogP) is 0.812. The Morgan fingerprint density at radius 2 is 2.29 bits per heavy atom. The topological polar surface area (TPSA) is 62.3 Å². The highest BCUT2D eigenvalue weighted by atomic mass is 16.5. The molecule has 1 rings (SSSR count). The minimum absolute atomic E-state index is 0.0749. The molecule has 0 aromatic rings. The van der Waals surface area contributed by atoms with Crippen LogP contribution in [0.3, 0.4) is 0 Å². The first-order chi connectivity index (χ1) is 6.39. The number of hydrogen-bond acceptors (Lipinski definition) is 3. The molecule has 1 saturated heterocycles. The van der Waals surface area contributed by atoms with E-state index in [9.17, 15) is 0 Å². The minimum atomic E-state index is -0.0749. The second-order valence-corrected chi connectivity index (χ2v) is 4.70. The van der Waals surface area contributed by atoms with Gasteiger partial charge in [0.05, 0.1) is 17.5 Å². The average molecular weight is 199 g/mol. The van der Waals surface area contributed by atoms with Gasteiger partial charge in [-0.05, 0) is 20.8 Å². The Morgan fingerprint density at radius 1 is 1.64 bits per heavy atom. The molecule has 0 bridgehead atoms. The van der Waals surface area contributed by atoms with Gasteiger partial charge in [-0.1, -0.05) is 0 Å². The molecule has 1 fully saturated rings. The predicted molar refractivity (Wildman–Crippen MR) is 57.6 cm³/mol. The molecule has 0 spiro atoms. The molecule has 4 heteroatoms. The van der Waals surface area contributed by atoms with Gasteiger partial charge in [-0.25, -0.2) is 0 Å². The molecule has 0 saturated carbocycles. The highest BCUT2D eigenvalue weighted by molar-refractivity contribution is 5.76. The summed E-state index contributed by atoms with van der Waals surface area (Å²) >= 11 is 0. The Hall–Kier alpha value is -0.610. The highest BCUT2D eigenvalue weighted by Gasteiger charge is 2.30. The van der Waals surface area contributed by atoms with Crippen molar-refractivity contribution in [1.29, 1.82) is 5.41 Å². The molecule has 1 aliphatic rings. The van der Waals surface area contributed by atoms with E-state index < -0.39 is 0 Å². The molecule has 1 heterocycles. The number of nitrogens with one attached hydrogen (secondary N) is 1. The summed E-state index contributed by atoms with van der Waals surface area (Å²) in [6.07, 6.45) is 0.925. The summed E-state index contributed by atoms with van der Waals surface area (Å²) in [5.74, 6) is 0.266. The molecule has 0 radical (unpaired) electrons. The fourth-order valence-electron chi connectivity index (χ4n) is 2.03. The van der Waals surface area contributed by atoms with E-state index in [4.69, 9.17) is 15.9 Å². The van der Waals surface area contributed by atoms with Crippen molar-refractivity contribution in [2.24, 2.45) is 5.73 Å². The fourth-order valence-corrected chi connectivity index (χ4v) is 2.03. The van der Waals surface area contributed by atoms with Crippen molar-refractivity contribution in [3.8, 4) is 0 Å². The second kappa shape index (κ2) is 4.28. The van der Waals surface area contributed by atoms with Crippen LogP contribution in [0.2, 0.25) is 0 Å². The normalized spacial score (nSPS) is 27.5. The molecule has 4 nitrogen and oxygen atoms in total. The molecule has 14 heavy (non-hydrogen) atoms. The maximum atomic E-state index is 7.18. The summed E-state index contributed by atoms with van der Waals surface area (Å²) in [6.45, 7) is 9.02. The number of nitrogens with two attached hydrogens (primary N) is 1. The van der Waals surface area contributed by atoms with Gasteiger partial charge in [0.2, 0.25) is 0 Å². The van der Waals surface area contributed by atoms with Gasteiger partial charge in [0.25, 0.3) is 0 Å². The van der Waals surface area contributed by atoms with Gasteiger partial charge in [-0.3, -0.25) is 10.3 Å². The summed E-state index contributed by atoms with van der Waals surface area (Å²) in [5.41, 5.74) is 5.26. The molecular weight excluding hydrogens is 178 g/mol. The van der Waals surface area contributed by atoms with Gasteiger partial charge in [0.15, 0.2) is 0 Å². The molecule has 1 aliphatic heterocycles. The van der Waals surface area contributed by atoms with Crippen molar-refractivity contribution < 1.29 is 4.74 Å². The quantitative estimate of drug-likeness (QED) is 0.522. The zero-order valence-corrected chi connectivity index (χ0v) is 9.34. The molecule has 82 valence electrons. The van der Waals surface area contributed by atoms with E-state index in [2.05, 4.69) is 25.7 Å². The van der Waals surface area contributed by atoms with Crippen LogP contribution in [0.15, 0.2) is 0 Å². The summed E-state index contributed by atoms with van der Waals surface area (Å²) < 4.78 is 5.78. The zero-order valence-electron chi connectivity index (χ0n) is 9.34. The van der Waals surface area contributed by atoms with Crippen LogP contribution in [0.25, 0.3) is 0 Å². The van der Waals surface area contributed by atoms with Crippen LogP contribution < -0.4 is 5.73 Å². The van der Waals surface area contributed by atoms with Gasteiger partial charge in [0.1, 0.15) is 0 Å². The van der Waals surface area contributed by atoms with Crippen LogP contribution in [0, 0.1) is 5.41 Å². The Kier molecular flexibility index (Phi) is 3.50.